The molecule has 0 bridgehead atoms. The van der Waals surface area contributed by atoms with E-state index in [-0.39, 0.29) is 11.7 Å². The van der Waals surface area contributed by atoms with Crippen molar-refractivity contribution in [3.63, 3.8) is 0 Å². The Balaban J connectivity index is 2.66. The molecule has 1 aromatic heterocycles. The van der Waals surface area contributed by atoms with Crippen molar-refractivity contribution in [1.82, 2.24) is 19.6 Å². The van der Waals surface area contributed by atoms with Crippen molar-refractivity contribution in [3.05, 3.63) is 11.7 Å². The largest absolute Gasteiger partial charge is 0.480 e. The quantitative estimate of drug-likeness (QED) is 0.266. The average Bonchev–Trinajstić information content (AvgIpc) is 2.90. The lowest BCUT2D eigenvalue weighted by molar-refractivity contribution is -0.141. The number of aliphatic hydroxyl groups is 2. The fraction of sp³-hybridized carbons (Fsp3) is 0.667. The Bertz CT molecular complexity index is 601. The summed E-state index contributed by atoms with van der Waals surface area (Å²) in [5.41, 5.74) is 5.44. The normalized spacial score (nSPS) is 16.2. The van der Waals surface area contributed by atoms with E-state index < -0.39 is 47.5 Å². The second-order valence-electron chi connectivity index (χ2n) is 4.33. The number of aliphatic hydroxyl groups excluding tert-OH is 2. The van der Waals surface area contributed by atoms with Crippen molar-refractivity contribution in [3.8, 4) is 0 Å². The van der Waals surface area contributed by atoms with E-state index >= 15 is 0 Å². The van der Waals surface area contributed by atoms with E-state index in [4.69, 9.17) is 20.5 Å². The van der Waals surface area contributed by atoms with Crippen molar-refractivity contribution in [1.29, 1.82) is 0 Å². The molecule has 0 amide bonds. The number of aliphatic carboxylic acids is 1. The second-order valence-corrected chi connectivity index (χ2v) is 5.87. The van der Waals surface area contributed by atoms with E-state index in [0.717, 1.165) is 6.92 Å². The van der Waals surface area contributed by atoms with Crippen LogP contribution in [0.1, 0.15) is 24.7 Å². The number of nitrogens with zero attached hydrogens (tertiary/aromatic N) is 2. The molecule has 0 fully saturated rings. The zero-order chi connectivity index (χ0) is 16.9. The van der Waals surface area contributed by atoms with Gasteiger partial charge in [0.2, 0.25) is 5.89 Å². The number of carbonyl (C=O) groups is 1. The number of hydrogen-bond donors (Lipinski definition) is 6. The van der Waals surface area contributed by atoms with E-state index in [9.17, 15) is 18.3 Å². The molecular formula is C9H17N5O7S. The van der Waals surface area contributed by atoms with Gasteiger partial charge in [0, 0.05) is 0 Å². The van der Waals surface area contributed by atoms with Crippen molar-refractivity contribution >= 4 is 16.2 Å². The lowest BCUT2D eigenvalue weighted by atomic mass is 10.2. The fourth-order valence-electron chi connectivity index (χ4n) is 1.29. The summed E-state index contributed by atoms with van der Waals surface area (Å²) >= 11 is 0. The molecule has 126 valence electrons. The van der Waals surface area contributed by atoms with E-state index in [1.807, 2.05) is 4.72 Å². The zero-order valence-electron chi connectivity index (χ0n) is 11.5. The van der Waals surface area contributed by atoms with Gasteiger partial charge < -0.3 is 25.6 Å². The van der Waals surface area contributed by atoms with E-state index in [1.165, 1.54) is 0 Å². The molecule has 3 unspecified atom stereocenters. The predicted molar refractivity (Wildman–Crippen MR) is 70.3 cm³/mol. The lowest BCUT2D eigenvalue weighted by Crippen LogP contribution is -2.51. The third-order valence-electron chi connectivity index (χ3n) is 2.46. The molecule has 13 heteroatoms. The Morgan fingerprint density at radius 1 is 1.50 bits per heavy atom. The number of hydrogen-bond acceptors (Lipinski definition) is 9. The molecule has 7 N–H and O–H groups in total. The standard InChI is InChI=1S/C9H17N5O7S/c1-4(16)7(9(17)18)14-22(19,20)11-2-6-12-8(13-21-6)5(10)3-15/h4-5,7,11,14-16H,2-3,10H2,1H3,(H,17,18). The van der Waals surface area contributed by atoms with Crippen molar-refractivity contribution < 1.29 is 33.1 Å². The number of rotatable bonds is 9. The summed E-state index contributed by atoms with van der Waals surface area (Å²) in [7, 11) is -4.23. The van der Waals surface area contributed by atoms with Crippen LogP contribution in [-0.2, 0) is 21.5 Å². The fourth-order valence-corrected chi connectivity index (χ4v) is 2.32. The van der Waals surface area contributed by atoms with Gasteiger partial charge in [-0.2, -0.15) is 22.8 Å². The van der Waals surface area contributed by atoms with Crippen molar-refractivity contribution in [2.75, 3.05) is 6.61 Å². The third kappa shape index (κ3) is 5.28. The number of carboxylic acids is 1. The van der Waals surface area contributed by atoms with Crippen LogP contribution in [0.4, 0.5) is 0 Å². The van der Waals surface area contributed by atoms with Crippen LogP contribution in [0.5, 0.6) is 0 Å². The maximum atomic E-state index is 11.7. The first-order chi connectivity index (χ1) is 10.2. The van der Waals surface area contributed by atoms with Gasteiger partial charge in [-0.05, 0) is 6.92 Å². The van der Waals surface area contributed by atoms with Gasteiger partial charge in [0.05, 0.1) is 25.3 Å². The summed E-state index contributed by atoms with van der Waals surface area (Å²) < 4.78 is 31.8. The molecule has 0 aliphatic carbocycles. The first-order valence-corrected chi connectivity index (χ1v) is 7.51. The second kappa shape index (κ2) is 7.57. The highest BCUT2D eigenvalue weighted by atomic mass is 32.2. The Morgan fingerprint density at radius 2 is 2.14 bits per heavy atom. The summed E-state index contributed by atoms with van der Waals surface area (Å²) in [6.45, 7) is 0.287. The van der Waals surface area contributed by atoms with Gasteiger partial charge in [-0.25, -0.2) is 0 Å². The molecule has 0 aliphatic heterocycles. The van der Waals surface area contributed by atoms with Gasteiger partial charge in [0.15, 0.2) is 5.82 Å². The maximum Gasteiger partial charge on any atom is 0.324 e. The topological polar surface area (TPSA) is 201 Å². The molecular weight excluding hydrogens is 322 g/mol. The van der Waals surface area contributed by atoms with E-state index in [2.05, 4.69) is 10.1 Å². The summed E-state index contributed by atoms with van der Waals surface area (Å²) in [5.74, 6) is -1.67. The smallest absolute Gasteiger partial charge is 0.324 e. The number of carboxylic acid groups (broad SMARTS) is 1. The monoisotopic (exact) mass is 339 g/mol. The highest BCUT2D eigenvalue weighted by Gasteiger charge is 2.28. The molecule has 1 rings (SSSR count). The van der Waals surface area contributed by atoms with Gasteiger partial charge in [0.25, 0.3) is 10.2 Å². The highest BCUT2D eigenvalue weighted by Crippen LogP contribution is 2.05. The molecule has 0 aliphatic rings. The number of aromatic nitrogens is 2. The van der Waals surface area contributed by atoms with Crippen LogP contribution in [0.15, 0.2) is 4.52 Å². The highest BCUT2D eigenvalue weighted by molar-refractivity contribution is 7.87. The predicted octanol–water partition coefficient (Wildman–Crippen LogP) is -3.18. The van der Waals surface area contributed by atoms with Crippen LogP contribution in [0, 0.1) is 0 Å². The molecule has 22 heavy (non-hydrogen) atoms. The summed E-state index contributed by atoms with van der Waals surface area (Å²) in [4.78, 5) is 14.6. The van der Waals surface area contributed by atoms with Crippen LogP contribution in [-0.4, -0.2) is 58.6 Å². The first kappa shape index (κ1) is 18.4. The lowest BCUT2D eigenvalue weighted by Gasteiger charge is -2.16. The van der Waals surface area contributed by atoms with Gasteiger partial charge in [-0.15, -0.1) is 0 Å². The van der Waals surface area contributed by atoms with Gasteiger partial charge >= 0.3 is 5.97 Å². The molecule has 0 saturated heterocycles. The van der Waals surface area contributed by atoms with Crippen LogP contribution < -0.4 is 15.2 Å². The van der Waals surface area contributed by atoms with Gasteiger partial charge in [-0.1, -0.05) is 5.16 Å². The summed E-state index contributed by atoms with van der Waals surface area (Å²) in [6, 6.07) is -2.57. The van der Waals surface area contributed by atoms with Crippen LogP contribution >= 0.6 is 0 Å². The molecule has 0 saturated carbocycles. The Morgan fingerprint density at radius 3 is 2.64 bits per heavy atom. The molecule has 12 nitrogen and oxygen atoms in total. The SMILES string of the molecule is CC(O)C(NS(=O)(=O)NCc1nc(C(N)CO)no1)C(=O)O. The Labute approximate surface area is 125 Å². The van der Waals surface area contributed by atoms with Crippen LogP contribution in [0.2, 0.25) is 0 Å². The minimum Gasteiger partial charge on any atom is -0.480 e. The maximum absolute atomic E-state index is 11.7. The molecule has 3 atom stereocenters. The molecule has 0 radical (unpaired) electrons. The average molecular weight is 339 g/mol. The molecule has 0 aromatic carbocycles. The minimum absolute atomic E-state index is 0.00273. The van der Waals surface area contributed by atoms with Gasteiger partial charge in [-0.3, -0.25) is 4.79 Å². The van der Waals surface area contributed by atoms with Crippen LogP contribution in [0.3, 0.4) is 0 Å². The first-order valence-electron chi connectivity index (χ1n) is 6.03. The number of nitrogens with two attached hydrogens (primary N) is 1. The van der Waals surface area contributed by atoms with Crippen LogP contribution in [0.25, 0.3) is 0 Å². The summed E-state index contributed by atoms with van der Waals surface area (Å²) in [6.07, 6.45) is -1.44. The zero-order valence-corrected chi connectivity index (χ0v) is 12.3. The van der Waals surface area contributed by atoms with E-state index in [1.54, 1.807) is 4.72 Å². The van der Waals surface area contributed by atoms with Gasteiger partial charge in [0.1, 0.15) is 6.04 Å². The Kier molecular flexibility index (Phi) is 6.34. The van der Waals surface area contributed by atoms with Crippen molar-refractivity contribution in [2.24, 2.45) is 5.73 Å². The van der Waals surface area contributed by atoms with E-state index in [0.29, 0.717) is 0 Å². The van der Waals surface area contributed by atoms with Crippen molar-refractivity contribution in [2.45, 2.75) is 31.7 Å². The molecule has 1 heterocycles. The number of nitrogens with one attached hydrogen (secondary N) is 2. The third-order valence-corrected chi connectivity index (χ3v) is 3.54. The minimum atomic E-state index is -4.23. The Hall–Kier alpha value is -1.64. The molecule has 1 aromatic rings. The molecule has 0 spiro atoms. The summed E-state index contributed by atoms with van der Waals surface area (Å²) in [5, 5.41) is 30.3.